The van der Waals surface area contributed by atoms with E-state index >= 15 is 0 Å². The lowest BCUT2D eigenvalue weighted by Gasteiger charge is -2.15. The van der Waals surface area contributed by atoms with Crippen molar-refractivity contribution in [2.45, 2.75) is 13.0 Å². The fourth-order valence-electron chi connectivity index (χ4n) is 1.81. The van der Waals surface area contributed by atoms with E-state index in [0.717, 1.165) is 5.56 Å². The topological polar surface area (TPSA) is 29.1 Å². The number of amides is 1. The van der Waals surface area contributed by atoms with Crippen LogP contribution in [0, 0.1) is 5.82 Å². The predicted octanol–water partition coefficient (Wildman–Crippen LogP) is 4.73. The van der Waals surface area contributed by atoms with E-state index in [-0.39, 0.29) is 11.6 Å². The van der Waals surface area contributed by atoms with E-state index in [4.69, 9.17) is 11.6 Å². The summed E-state index contributed by atoms with van der Waals surface area (Å²) < 4.78 is 14.3. The zero-order valence-corrected chi connectivity index (χ0v) is 13.0. The maximum absolute atomic E-state index is 13.6. The highest BCUT2D eigenvalue weighted by atomic mass is 79.9. The van der Waals surface area contributed by atoms with Crippen LogP contribution in [0.4, 0.5) is 4.39 Å². The van der Waals surface area contributed by atoms with Crippen LogP contribution in [0.2, 0.25) is 5.02 Å². The van der Waals surface area contributed by atoms with Gasteiger partial charge in [-0.3, -0.25) is 4.79 Å². The van der Waals surface area contributed by atoms with Gasteiger partial charge in [-0.05, 0) is 42.8 Å². The van der Waals surface area contributed by atoms with Crippen molar-refractivity contribution in [1.82, 2.24) is 5.32 Å². The molecular formula is C15H12BrClFNO. The van der Waals surface area contributed by atoms with Gasteiger partial charge < -0.3 is 5.32 Å². The van der Waals surface area contributed by atoms with Crippen molar-refractivity contribution >= 4 is 33.4 Å². The van der Waals surface area contributed by atoms with Gasteiger partial charge in [-0.15, -0.1) is 0 Å². The van der Waals surface area contributed by atoms with Crippen LogP contribution in [0.3, 0.4) is 0 Å². The Morgan fingerprint density at radius 2 is 2.05 bits per heavy atom. The molecule has 0 heterocycles. The van der Waals surface area contributed by atoms with Gasteiger partial charge in [0.05, 0.1) is 11.6 Å². The molecule has 1 N–H and O–H groups in total. The molecule has 1 atom stereocenters. The van der Waals surface area contributed by atoms with E-state index in [1.807, 2.05) is 13.0 Å². The van der Waals surface area contributed by atoms with Crippen LogP contribution in [0.1, 0.15) is 28.9 Å². The zero-order valence-electron chi connectivity index (χ0n) is 10.7. The summed E-state index contributed by atoms with van der Waals surface area (Å²) in [4.78, 5) is 12.1. The number of hydrogen-bond acceptors (Lipinski definition) is 1. The number of carbonyl (C=O) groups is 1. The van der Waals surface area contributed by atoms with Gasteiger partial charge in [-0.25, -0.2) is 4.39 Å². The molecule has 0 bridgehead atoms. The Hall–Kier alpha value is -1.39. The molecule has 0 aromatic heterocycles. The molecule has 0 aliphatic heterocycles. The largest absolute Gasteiger partial charge is 0.345 e. The van der Waals surface area contributed by atoms with Crippen LogP contribution in [0.15, 0.2) is 46.9 Å². The highest BCUT2D eigenvalue weighted by Crippen LogP contribution is 2.19. The molecule has 2 aromatic carbocycles. The molecule has 0 saturated carbocycles. The number of rotatable bonds is 3. The van der Waals surface area contributed by atoms with Crippen molar-refractivity contribution < 1.29 is 9.18 Å². The molecule has 0 fully saturated rings. The molecule has 0 spiro atoms. The van der Waals surface area contributed by atoms with Gasteiger partial charge in [0.15, 0.2) is 0 Å². The smallest absolute Gasteiger partial charge is 0.254 e. The molecule has 2 rings (SSSR count). The Labute approximate surface area is 130 Å². The Balaban J connectivity index is 2.17. The van der Waals surface area contributed by atoms with Gasteiger partial charge in [0.1, 0.15) is 5.82 Å². The van der Waals surface area contributed by atoms with E-state index in [1.54, 1.807) is 24.3 Å². The molecule has 0 aliphatic rings. The molecule has 1 unspecified atom stereocenters. The summed E-state index contributed by atoms with van der Waals surface area (Å²) in [6.45, 7) is 1.82. The lowest BCUT2D eigenvalue weighted by molar-refractivity contribution is 0.0935. The molecule has 1 amide bonds. The van der Waals surface area contributed by atoms with Gasteiger partial charge >= 0.3 is 0 Å². The fraction of sp³-hybridized carbons (Fsp3) is 0.133. The van der Waals surface area contributed by atoms with Gasteiger partial charge in [0, 0.05) is 9.50 Å². The van der Waals surface area contributed by atoms with Crippen molar-refractivity contribution in [1.29, 1.82) is 0 Å². The second kappa shape index (κ2) is 6.37. The summed E-state index contributed by atoms with van der Waals surface area (Å²) in [7, 11) is 0. The van der Waals surface area contributed by atoms with E-state index in [2.05, 4.69) is 21.2 Å². The monoisotopic (exact) mass is 355 g/mol. The average Bonchev–Trinajstić information content (AvgIpc) is 2.41. The van der Waals surface area contributed by atoms with Crippen molar-refractivity contribution in [3.63, 3.8) is 0 Å². The molecule has 2 aromatic rings. The van der Waals surface area contributed by atoms with Gasteiger partial charge in [0.2, 0.25) is 0 Å². The summed E-state index contributed by atoms with van der Waals surface area (Å²) in [5, 5.41) is 3.34. The van der Waals surface area contributed by atoms with E-state index in [1.165, 1.54) is 12.1 Å². The lowest BCUT2D eigenvalue weighted by atomic mass is 10.1. The number of benzene rings is 2. The number of carbonyl (C=O) groups excluding carboxylic acids is 1. The van der Waals surface area contributed by atoms with Crippen molar-refractivity contribution in [3.8, 4) is 0 Å². The maximum Gasteiger partial charge on any atom is 0.254 e. The first-order chi connectivity index (χ1) is 9.47. The highest BCUT2D eigenvalue weighted by molar-refractivity contribution is 9.10. The summed E-state index contributed by atoms with van der Waals surface area (Å²) in [6, 6.07) is 11.2. The molecule has 5 heteroatoms. The normalized spacial score (nSPS) is 12.0. The minimum absolute atomic E-state index is 0.00764. The SMILES string of the molecule is CC(NC(=O)c1cc(Br)ccc1F)c1cccc(Cl)c1. The van der Waals surface area contributed by atoms with Crippen LogP contribution in [0.5, 0.6) is 0 Å². The quantitative estimate of drug-likeness (QED) is 0.846. The van der Waals surface area contributed by atoms with E-state index in [9.17, 15) is 9.18 Å². The first kappa shape index (κ1) is 15.0. The second-order valence-corrected chi connectivity index (χ2v) is 5.73. The lowest BCUT2D eigenvalue weighted by Crippen LogP contribution is -2.27. The number of halogens is 3. The van der Waals surface area contributed by atoms with Crippen LogP contribution in [-0.4, -0.2) is 5.91 Å². The van der Waals surface area contributed by atoms with Gasteiger partial charge in [0.25, 0.3) is 5.91 Å². The molecule has 0 aliphatic carbocycles. The Kier molecular flexibility index (Phi) is 4.78. The molecule has 0 saturated heterocycles. The number of nitrogens with one attached hydrogen (secondary N) is 1. The first-order valence-corrected chi connectivity index (χ1v) is 7.16. The summed E-state index contributed by atoms with van der Waals surface area (Å²) >= 11 is 9.13. The van der Waals surface area contributed by atoms with Crippen molar-refractivity contribution in [2.75, 3.05) is 0 Å². The number of hydrogen-bond donors (Lipinski definition) is 1. The zero-order chi connectivity index (χ0) is 14.7. The third-order valence-corrected chi connectivity index (χ3v) is 3.60. The van der Waals surface area contributed by atoms with Crippen LogP contribution in [0.25, 0.3) is 0 Å². The predicted molar refractivity (Wildman–Crippen MR) is 81.4 cm³/mol. The molecule has 2 nitrogen and oxygen atoms in total. The van der Waals surface area contributed by atoms with E-state index < -0.39 is 11.7 Å². The molecule has 20 heavy (non-hydrogen) atoms. The summed E-state index contributed by atoms with van der Waals surface area (Å²) in [5.74, 6) is -1.01. The maximum atomic E-state index is 13.6. The van der Waals surface area contributed by atoms with Crippen LogP contribution in [-0.2, 0) is 0 Å². The minimum atomic E-state index is -0.552. The fourth-order valence-corrected chi connectivity index (χ4v) is 2.36. The van der Waals surface area contributed by atoms with Crippen molar-refractivity contribution in [2.24, 2.45) is 0 Å². The summed E-state index contributed by atoms with van der Waals surface area (Å²) in [5.41, 5.74) is 0.870. The summed E-state index contributed by atoms with van der Waals surface area (Å²) in [6.07, 6.45) is 0. The van der Waals surface area contributed by atoms with Gasteiger partial charge in [-0.1, -0.05) is 39.7 Å². The van der Waals surface area contributed by atoms with Gasteiger partial charge in [-0.2, -0.15) is 0 Å². The Bertz CT molecular complexity index is 648. The highest BCUT2D eigenvalue weighted by Gasteiger charge is 2.15. The Morgan fingerprint density at radius 3 is 2.75 bits per heavy atom. The molecule has 0 radical (unpaired) electrons. The van der Waals surface area contributed by atoms with Crippen LogP contribution >= 0.6 is 27.5 Å². The minimum Gasteiger partial charge on any atom is -0.345 e. The van der Waals surface area contributed by atoms with Crippen molar-refractivity contribution in [3.05, 3.63) is 68.9 Å². The second-order valence-electron chi connectivity index (χ2n) is 4.37. The third kappa shape index (κ3) is 3.58. The Morgan fingerprint density at radius 1 is 1.30 bits per heavy atom. The molecule has 104 valence electrons. The molecular weight excluding hydrogens is 345 g/mol. The first-order valence-electron chi connectivity index (χ1n) is 5.99. The average molecular weight is 357 g/mol. The van der Waals surface area contributed by atoms with Crippen LogP contribution < -0.4 is 5.32 Å². The standard InChI is InChI=1S/C15H12BrClFNO/c1-9(10-3-2-4-12(17)7-10)19-15(20)13-8-11(16)5-6-14(13)18/h2-9H,1H3,(H,19,20). The van der Waals surface area contributed by atoms with E-state index in [0.29, 0.717) is 9.50 Å². The third-order valence-electron chi connectivity index (χ3n) is 2.87.